The predicted molar refractivity (Wildman–Crippen MR) is 326 cm³/mol. The summed E-state index contributed by atoms with van der Waals surface area (Å²) in [7, 11) is 1.63. The minimum absolute atomic E-state index is 0.0101. The van der Waals surface area contributed by atoms with Crippen molar-refractivity contribution in [2.75, 3.05) is 24.2 Å². The molecule has 27 nitrogen and oxygen atoms in total. The average molecular weight is 1260 g/mol. The summed E-state index contributed by atoms with van der Waals surface area (Å²) in [6.07, 6.45) is -1.44. The largest absolute Gasteiger partial charge is 0.508 e. The summed E-state index contributed by atoms with van der Waals surface area (Å²) in [6.45, 7) is 0.400. The normalized spacial score (nSPS) is 22.1. The molecule has 6 rings (SSSR count). The van der Waals surface area contributed by atoms with Crippen molar-refractivity contribution >= 4 is 98.1 Å². The maximum Gasteiger partial charge on any atom is 0.312 e. The molecular weight excluding hydrogens is 1190 g/mol. The highest BCUT2D eigenvalue weighted by Gasteiger charge is 2.49. The number of phenols is 2. The second-order valence-corrected chi connectivity index (χ2v) is 23.9. The number of aliphatic hydroxyl groups is 1. The van der Waals surface area contributed by atoms with Gasteiger partial charge < -0.3 is 91.8 Å². The first-order valence-corrected chi connectivity index (χ1v) is 30.6. The van der Waals surface area contributed by atoms with Crippen LogP contribution in [-0.4, -0.2) is 159 Å². The van der Waals surface area contributed by atoms with Crippen molar-refractivity contribution in [1.29, 1.82) is 0 Å². The third-order valence-corrected chi connectivity index (χ3v) is 17.3. The number of amides is 11. The zero-order valence-electron chi connectivity index (χ0n) is 47.1. The quantitative estimate of drug-likeness (QED) is 0.0288. The molecule has 2 saturated heterocycles. The van der Waals surface area contributed by atoms with Gasteiger partial charge in [-0.2, -0.15) is 0 Å². The molecule has 4 aromatic carbocycles. The molecule has 2 heterocycles. The summed E-state index contributed by atoms with van der Waals surface area (Å²) in [6, 6.07) is 10.3. The minimum atomic E-state index is -1.91. The molecule has 30 heteroatoms. The van der Waals surface area contributed by atoms with Gasteiger partial charge in [0.15, 0.2) is 0 Å². The number of aromatic hydroxyl groups is 2. The molecule has 4 aromatic rings. The first kappa shape index (κ1) is 67.9. The zero-order valence-corrected chi connectivity index (χ0v) is 49.5. The van der Waals surface area contributed by atoms with Crippen LogP contribution in [0.15, 0.2) is 97.1 Å². The van der Waals surface area contributed by atoms with Gasteiger partial charge in [0, 0.05) is 42.3 Å². The number of nitrogens with two attached hydrogens (primary N) is 5. The predicted octanol–water partition coefficient (Wildman–Crippen LogP) is -1.79. The van der Waals surface area contributed by atoms with Gasteiger partial charge in [-0.15, -0.1) is 0 Å². The van der Waals surface area contributed by atoms with Crippen LogP contribution in [0.5, 0.6) is 11.5 Å². The number of unbranched alkanes of at least 4 members (excludes halogenated alkanes) is 1. The number of hydrogen-bond donors (Lipinski definition) is 17. The molecule has 0 radical (unpaired) electrons. The second kappa shape index (κ2) is 33.1. The van der Waals surface area contributed by atoms with Crippen molar-refractivity contribution < 1.29 is 63.3 Å². The number of anilines is 1. The van der Waals surface area contributed by atoms with E-state index in [1.165, 1.54) is 60.7 Å². The Kier molecular flexibility index (Phi) is 25.8. The van der Waals surface area contributed by atoms with Crippen LogP contribution in [0.2, 0.25) is 5.02 Å². The third-order valence-electron chi connectivity index (χ3n) is 14.2. The highest BCUT2D eigenvalue weighted by atomic mass is 35.5. The number of primary amides is 2. The number of urea groups is 1. The summed E-state index contributed by atoms with van der Waals surface area (Å²) in [5, 5.41) is 54.8. The molecule has 2 aliphatic heterocycles. The lowest BCUT2D eigenvalue weighted by atomic mass is 9.94. The van der Waals surface area contributed by atoms with Gasteiger partial charge >= 0.3 is 6.03 Å². The van der Waals surface area contributed by atoms with Crippen molar-refractivity contribution in [3.05, 3.63) is 124 Å². The van der Waals surface area contributed by atoms with Gasteiger partial charge in [-0.05, 0) is 116 Å². The SMILES string of the molecule is NCCCC[C@@H]1NC(=O)[C@@H](Cc2ccc(NC(=O)[C@@H](N)CCCNC(N)=O)cc2)NC(=O)[C@H](Cc2ccc(O)cc2)NC(=O)[C@H](NC(=O)[C@@H](N)Cc2ccc(Cl)cc2)CSSC2[C@@H](C(=O)N[C@H](Cc3ccc(O)cc3)C(N)=O)NC(=O)[C@@H](NC1=O)[C@@H]2O. The van der Waals surface area contributed by atoms with Crippen LogP contribution in [0, 0.1) is 0 Å². The number of rotatable bonds is 23. The minimum Gasteiger partial charge on any atom is -0.508 e. The van der Waals surface area contributed by atoms with Crippen LogP contribution < -0.4 is 76.5 Å². The van der Waals surface area contributed by atoms with Gasteiger partial charge in [0.25, 0.3) is 0 Å². The first-order valence-electron chi connectivity index (χ1n) is 27.8. The van der Waals surface area contributed by atoms with Crippen molar-refractivity contribution in [3.8, 4) is 11.5 Å². The van der Waals surface area contributed by atoms with Gasteiger partial charge in [-0.1, -0.05) is 81.7 Å². The number of phenolic OH excluding ortho intramolecular Hbond substituents is 2. The molecule has 468 valence electrons. The molecule has 0 spiro atoms. The lowest BCUT2D eigenvalue weighted by molar-refractivity contribution is -0.140. The molecule has 11 amide bonds. The van der Waals surface area contributed by atoms with Crippen molar-refractivity contribution in [2.45, 2.75) is 124 Å². The monoisotopic (exact) mass is 1260 g/mol. The van der Waals surface area contributed by atoms with Crippen LogP contribution >= 0.6 is 33.2 Å². The van der Waals surface area contributed by atoms with Crippen LogP contribution in [0.1, 0.15) is 54.4 Å². The fourth-order valence-electron chi connectivity index (χ4n) is 9.29. The fraction of sp³-hybridized carbons (Fsp3) is 0.404. The lowest BCUT2D eigenvalue weighted by Crippen LogP contribution is -2.71. The van der Waals surface area contributed by atoms with Crippen LogP contribution in [-0.2, 0) is 68.8 Å². The number of carbonyl (C=O) groups excluding carboxylic acids is 10. The highest BCUT2D eigenvalue weighted by Crippen LogP contribution is 2.35. The van der Waals surface area contributed by atoms with E-state index in [4.69, 9.17) is 40.3 Å². The molecule has 1 unspecified atom stereocenters. The summed E-state index contributed by atoms with van der Waals surface area (Å²) in [4.78, 5) is 138. The highest BCUT2D eigenvalue weighted by molar-refractivity contribution is 8.77. The number of carbonyl (C=O) groups is 10. The number of piperidine rings is 1. The van der Waals surface area contributed by atoms with Gasteiger partial charge in [-0.3, -0.25) is 43.2 Å². The van der Waals surface area contributed by atoms with Crippen LogP contribution in [0.25, 0.3) is 0 Å². The molecule has 11 atom stereocenters. The smallest absolute Gasteiger partial charge is 0.312 e. The number of hydrogen-bond acceptors (Lipinski definition) is 18. The number of fused-ring (bicyclic) bond motifs is 2. The molecule has 0 aliphatic carbocycles. The topological polar surface area (TPSA) is 470 Å². The lowest BCUT2D eigenvalue weighted by Gasteiger charge is -2.40. The van der Waals surface area contributed by atoms with E-state index in [-0.39, 0.29) is 75.3 Å². The number of aliphatic hydroxyl groups excluding tert-OH is 1. The first-order chi connectivity index (χ1) is 41.5. The van der Waals surface area contributed by atoms with E-state index in [2.05, 4.69) is 47.9 Å². The summed E-state index contributed by atoms with van der Waals surface area (Å²) < 4.78 is 0. The summed E-state index contributed by atoms with van der Waals surface area (Å²) in [5.74, 6) is -8.62. The molecule has 2 fully saturated rings. The van der Waals surface area contributed by atoms with Crippen LogP contribution in [0.3, 0.4) is 0 Å². The molecule has 2 aliphatic rings. The van der Waals surface area contributed by atoms with E-state index in [1.807, 2.05) is 0 Å². The van der Waals surface area contributed by atoms with Gasteiger partial charge in [0.05, 0.1) is 23.4 Å². The average Bonchev–Trinajstić information content (AvgIpc) is 2.15. The van der Waals surface area contributed by atoms with E-state index in [9.17, 15) is 63.3 Å². The van der Waals surface area contributed by atoms with E-state index in [0.717, 1.165) is 21.6 Å². The molecule has 0 aromatic heterocycles. The van der Waals surface area contributed by atoms with Gasteiger partial charge in [-0.25, -0.2) is 4.79 Å². The number of benzene rings is 4. The van der Waals surface area contributed by atoms with E-state index in [1.54, 1.807) is 36.4 Å². The van der Waals surface area contributed by atoms with E-state index in [0.29, 0.717) is 45.8 Å². The fourth-order valence-corrected chi connectivity index (χ4v) is 12.4. The number of nitrogens with one attached hydrogen (secondary N) is 9. The Morgan fingerprint density at radius 3 is 1.76 bits per heavy atom. The Balaban J connectivity index is 1.37. The Bertz CT molecular complexity index is 3060. The molecule has 2 bridgehead atoms. The van der Waals surface area contributed by atoms with E-state index < -0.39 is 125 Å². The molecule has 22 N–H and O–H groups in total. The van der Waals surface area contributed by atoms with Crippen molar-refractivity contribution in [3.63, 3.8) is 0 Å². The van der Waals surface area contributed by atoms with Crippen molar-refractivity contribution in [2.24, 2.45) is 28.7 Å². The summed E-state index contributed by atoms with van der Waals surface area (Å²) >= 11 is 6.09. The van der Waals surface area contributed by atoms with Gasteiger partial charge in [0.1, 0.15) is 53.8 Å². The van der Waals surface area contributed by atoms with Gasteiger partial charge in [0.2, 0.25) is 53.2 Å². The zero-order chi connectivity index (χ0) is 63.3. The third kappa shape index (κ3) is 21.0. The summed E-state index contributed by atoms with van der Waals surface area (Å²) in [5.41, 5.74) is 31.4. The maximum absolute atomic E-state index is 14.9. The second-order valence-electron chi connectivity index (χ2n) is 20.9. The Hall–Kier alpha value is -8.19. The molecule has 0 saturated carbocycles. The maximum atomic E-state index is 14.9. The van der Waals surface area contributed by atoms with E-state index >= 15 is 0 Å². The Labute approximate surface area is 513 Å². The molecule has 87 heavy (non-hydrogen) atoms. The van der Waals surface area contributed by atoms with Crippen molar-refractivity contribution in [1.82, 2.24) is 42.5 Å². The number of halogens is 1. The Morgan fingerprint density at radius 2 is 1.17 bits per heavy atom. The van der Waals surface area contributed by atoms with Crippen LogP contribution in [0.4, 0.5) is 10.5 Å². The standard InChI is InChI=1S/C57H73ClN14O13S2/c58-33-14-6-29(7-15-33)24-38(61)50(78)70-43-28-86-87-47-45(56(84)67-40(48(62)76)25-31-10-18-35(73)19-11-31)72-55(83)44(46(47)75)71-51(79)39(5-1-2-22-59)66-52(80)41(68-53(81)42(69-54(43)82)27-32-12-20-36(74)21-13-32)26-30-8-16-34(17-9-30)65-49(77)37(60)4-3-23-64-57(63)85/h6-21,37-47,73-75H,1-5,22-28,59-61H2,(H2,62,76)(H,65,77)(H,66,80)(H,67,84)(H,68,81)(H,69,82)(H,70,78)(H,71,79)(H,72,83)(H3,63,64,85)/t37-,38-,39-,40+,41+,42-,43+,44-,45-,46-,47?/m0/s1. The Morgan fingerprint density at radius 1 is 0.632 bits per heavy atom. The molecular formula is C57H73ClN14O13S2.